The van der Waals surface area contributed by atoms with Crippen molar-refractivity contribution in [1.82, 2.24) is 14.1 Å². The molecule has 4 aromatic carbocycles. The Labute approximate surface area is 209 Å². The predicted molar refractivity (Wildman–Crippen MR) is 152 cm³/mol. The SMILES string of the molecule is C/C=C(\C)c1ccc(-n2c3ccccc3c3c2c2ccc4ccccc4c2n3-c2ccccn2)cc1. The topological polar surface area (TPSA) is 22.8 Å². The minimum absolute atomic E-state index is 0.927. The highest BCUT2D eigenvalue weighted by Gasteiger charge is 2.23. The first kappa shape index (κ1) is 20.7. The van der Waals surface area contributed by atoms with E-state index in [0.29, 0.717) is 0 Å². The van der Waals surface area contributed by atoms with Crippen molar-refractivity contribution in [2.24, 2.45) is 0 Å². The van der Waals surface area contributed by atoms with E-state index in [-0.39, 0.29) is 0 Å². The zero-order chi connectivity index (χ0) is 24.2. The Balaban J connectivity index is 1.70. The lowest BCUT2D eigenvalue weighted by Gasteiger charge is -2.11. The molecule has 3 aromatic heterocycles. The molecule has 0 unspecified atom stereocenters. The van der Waals surface area contributed by atoms with E-state index in [1.807, 2.05) is 12.3 Å². The highest BCUT2D eigenvalue weighted by atomic mass is 15.1. The van der Waals surface area contributed by atoms with Crippen LogP contribution in [0.5, 0.6) is 0 Å². The summed E-state index contributed by atoms with van der Waals surface area (Å²) in [4.78, 5) is 4.80. The van der Waals surface area contributed by atoms with Crippen molar-refractivity contribution >= 4 is 49.2 Å². The Morgan fingerprint density at radius 3 is 2.14 bits per heavy atom. The molecule has 36 heavy (non-hydrogen) atoms. The van der Waals surface area contributed by atoms with Crippen LogP contribution in [0.25, 0.3) is 60.7 Å². The van der Waals surface area contributed by atoms with Gasteiger partial charge in [-0.05, 0) is 60.7 Å². The van der Waals surface area contributed by atoms with Gasteiger partial charge in [-0.3, -0.25) is 4.57 Å². The average Bonchev–Trinajstić information content (AvgIpc) is 3.46. The first-order valence-electron chi connectivity index (χ1n) is 12.4. The van der Waals surface area contributed by atoms with E-state index in [4.69, 9.17) is 4.98 Å². The highest BCUT2D eigenvalue weighted by molar-refractivity contribution is 6.24. The summed E-state index contributed by atoms with van der Waals surface area (Å²) in [6.45, 7) is 4.24. The number of hydrogen-bond donors (Lipinski definition) is 0. The van der Waals surface area contributed by atoms with Gasteiger partial charge in [0.1, 0.15) is 5.82 Å². The number of pyridine rings is 1. The Morgan fingerprint density at radius 1 is 0.639 bits per heavy atom. The molecular weight excluding hydrogens is 438 g/mol. The van der Waals surface area contributed by atoms with Gasteiger partial charge in [0, 0.05) is 28.0 Å². The minimum atomic E-state index is 0.927. The molecule has 0 aliphatic heterocycles. The van der Waals surface area contributed by atoms with Crippen molar-refractivity contribution < 1.29 is 0 Å². The Hall–Kier alpha value is -4.63. The Morgan fingerprint density at radius 2 is 1.36 bits per heavy atom. The largest absolute Gasteiger partial charge is 0.307 e. The second kappa shape index (κ2) is 7.96. The average molecular weight is 464 g/mol. The number of para-hydroxylation sites is 1. The molecule has 0 aliphatic carbocycles. The second-order valence-corrected chi connectivity index (χ2v) is 9.27. The summed E-state index contributed by atoms with van der Waals surface area (Å²) >= 11 is 0. The fourth-order valence-corrected chi connectivity index (χ4v) is 5.52. The molecule has 3 heteroatoms. The van der Waals surface area contributed by atoms with E-state index in [1.54, 1.807) is 0 Å². The summed E-state index contributed by atoms with van der Waals surface area (Å²) in [5, 5.41) is 4.89. The minimum Gasteiger partial charge on any atom is -0.307 e. The fourth-order valence-electron chi connectivity index (χ4n) is 5.52. The molecule has 0 saturated carbocycles. The number of fused-ring (bicyclic) bond motifs is 7. The van der Waals surface area contributed by atoms with Crippen molar-refractivity contribution in [2.75, 3.05) is 0 Å². The van der Waals surface area contributed by atoms with Crippen molar-refractivity contribution in [1.29, 1.82) is 0 Å². The van der Waals surface area contributed by atoms with Gasteiger partial charge < -0.3 is 4.57 Å². The van der Waals surface area contributed by atoms with Crippen LogP contribution >= 0.6 is 0 Å². The molecule has 0 radical (unpaired) electrons. The maximum atomic E-state index is 4.80. The van der Waals surface area contributed by atoms with Gasteiger partial charge in [-0.2, -0.15) is 0 Å². The van der Waals surface area contributed by atoms with E-state index in [9.17, 15) is 0 Å². The lowest BCUT2D eigenvalue weighted by Crippen LogP contribution is -1.96. The zero-order valence-corrected chi connectivity index (χ0v) is 20.3. The smallest absolute Gasteiger partial charge is 0.137 e. The van der Waals surface area contributed by atoms with Crippen LogP contribution in [0, 0.1) is 0 Å². The van der Waals surface area contributed by atoms with Crippen LogP contribution in [0.15, 0.2) is 115 Å². The molecule has 7 rings (SSSR count). The Kier molecular flexibility index (Phi) is 4.58. The standard InChI is InChI=1S/C33H25N3/c1-3-22(2)23-15-18-25(19-16-23)35-29-13-7-6-12-27(29)32-33(35)28-20-17-24-10-4-5-11-26(24)31(28)36(32)30-14-8-9-21-34-30/h3-21H,1-2H3/b22-3+. The normalized spacial score (nSPS) is 12.3. The van der Waals surface area contributed by atoms with Gasteiger partial charge in [-0.15, -0.1) is 0 Å². The summed E-state index contributed by atoms with van der Waals surface area (Å²) in [5.41, 5.74) is 8.46. The fraction of sp³-hybridized carbons (Fsp3) is 0.0606. The lowest BCUT2D eigenvalue weighted by atomic mass is 10.1. The summed E-state index contributed by atoms with van der Waals surface area (Å²) in [5.74, 6) is 0.927. The molecule has 0 spiro atoms. The number of rotatable bonds is 3. The monoisotopic (exact) mass is 463 g/mol. The summed E-state index contributed by atoms with van der Waals surface area (Å²) in [7, 11) is 0. The van der Waals surface area contributed by atoms with Crippen molar-refractivity contribution in [3.8, 4) is 11.5 Å². The highest BCUT2D eigenvalue weighted by Crippen LogP contribution is 2.42. The number of hydrogen-bond acceptors (Lipinski definition) is 1. The van der Waals surface area contributed by atoms with E-state index in [2.05, 4.69) is 126 Å². The predicted octanol–water partition coefficient (Wildman–Crippen LogP) is 8.70. The van der Waals surface area contributed by atoms with Gasteiger partial charge in [0.05, 0.1) is 22.1 Å². The van der Waals surface area contributed by atoms with Crippen LogP contribution < -0.4 is 0 Å². The first-order valence-corrected chi connectivity index (χ1v) is 12.4. The number of benzene rings is 4. The van der Waals surface area contributed by atoms with E-state index >= 15 is 0 Å². The van der Waals surface area contributed by atoms with E-state index < -0.39 is 0 Å². The molecule has 3 nitrogen and oxygen atoms in total. The Bertz CT molecular complexity index is 1930. The molecule has 0 saturated heterocycles. The molecule has 0 aliphatic rings. The lowest BCUT2D eigenvalue weighted by molar-refractivity contribution is 1.09. The van der Waals surface area contributed by atoms with Gasteiger partial charge in [0.15, 0.2) is 0 Å². The van der Waals surface area contributed by atoms with Gasteiger partial charge in [-0.25, -0.2) is 4.98 Å². The van der Waals surface area contributed by atoms with Crippen LogP contribution in [-0.2, 0) is 0 Å². The number of allylic oxidation sites excluding steroid dienone is 2. The molecule has 172 valence electrons. The van der Waals surface area contributed by atoms with Gasteiger partial charge in [-0.1, -0.05) is 78.9 Å². The molecule has 0 bridgehead atoms. The van der Waals surface area contributed by atoms with Crippen molar-refractivity contribution in [3.63, 3.8) is 0 Å². The van der Waals surface area contributed by atoms with Crippen LogP contribution in [0.3, 0.4) is 0 Å². The van der Waals surface area contributed by atoms with Crippen molar-refractivity contribution in [3.05, 3.63) is 121 Å². The quantitative estimate of drug-likeness (QED) is 0.257. The summed E-state index contributed by atoms with van der Waals surface area (Å²) in [6.07, 6.45) is 4.03. The number of nitrogens with zero attached hydrogens (tertiary/aromatic N) is 3. The van der Waals surface area contributed by atoms with Gasteiger partial charge >= 0.3 is 0 Å². The molecule has 3 heterocycles. The second-order valence-electron chi connectivity index (χ2n) is 9.27. The summed E-state index contributed by atoms with van der Waals surface area (Å²) < 4.78 is 4.76. The molecule has 0 N–H and O–H groups in total. The van der Waals surface area contributed by atoms with Crippen LogP contribution in [0.2, 0.25) is 0 Å². The molecule has 7 aromatic rings. The van der Waals surface area contributed by atoms with Crippen LogP contribution in [-0.4, -0.2) is 14.1 Å². The number of aromatic nitrogens is 3. The third-order valence-corrected chi connectivity index (χ3v) is 7.34. The van der Waals surface area contributed by atoms with Gasteiger partial charge in [0.2, 0.25) is 0 Å². The molecular formula is C33H25N3. The first-order chi connectivity index (χ1) is 17.8. The third kappa shape index (κ3) is 2.89. The maximum Gasteiger partial charge on any atom is 0.137 e. The van der Waals surface area contributed by atoms with E-state index in [0.717, 1.165) is 11.5 Å². The van der Waals surface area contributed by atoms with Gasteiger partial charge in [0.25, 0.3) is 0 Å². The van der Waals surface area contributed by atoms with Crippen LogP contribution in [0.4, 0.5) is 0 Å². The molecule has 0 atom stereocenters. The van der Waals surface area contributed by atoms with Crippen molar-refractivity contribution in [2.45, 2.75) is 13.8 Å². The van der Waals surface area contributed by atoms with E-state index in [1.165, 1.54) is 54.7 Å². The summed E-state index contributed by atoms with van der Waals surface area (Å²) in [6, 6.07) is 36.9. The molecule has 0 amide bonds. The zero-order valence-electron chi connectivity index (χ0n) is 20.3. The maximum absolute atomic E-state index is 4.80. The molecule has 0 fully saturated rings. The third-order valence-electron chi connectivity index (χ3n) is 7.34. The van der Waals surface area contributed by atoms with Crippen LogP contribution in [0.1, 0.15) is 19.4 Å².